The Hall–Kier alpha value is -0.270. The fraction of sp³-hybridized carbons (Fsp3) is 0.400. The van der Waals surface area contributed by atoms with Gasteiger partial charge < -0.3 is 5.73 Å². The Balaban J connectivity index is 0.00000256. The van der Waals surface area contributed by atoms with Gasteiger partial charge in [0.1, 0.15) is 0 Å². The smallest absolute Gasteiger partial charge is 0.241 e. The quantitative estimate of drug-likeness (QED) is 0.616. The number of nitrogens with one attached hydrogen (secondary N) is 1. The number of benzene rings is 1. The van der Waals surface area contributed by atoms with Gasteiger partial charge in [-0.05, 0) is 31.4 Å². The molecule has 3 N–H and O–H groups in total. The first kappa shape index (κ1) is 16.7. The molecule has 0 saturated heterocycles. The van der Waals surface area contributed by atoms with E-state index < -0.39 is 10.0 Å². The second-order valence-electron chi connectivity index (χ2n) is 3.19. The lowest BCUT2D eigenvalue weighted by molar-refractivity contribution is 0.577. The molecule has 0 heterocycles. The molecule has 0 spiro atoms. The lowest BCUT2D eigenvalue weighted by Gasteiger charge is -2.09. The molecule has 0 unspecified atom stereocenters. The molecular weight excluding hydrogens is 280 g/mol. The lowest BCUT2D eigenvalue weighted by atomic mass is 10.4. The zero-order chi connectivity index (χ0) is 12.0. The van der Waals surface area contributed by atoms with Gasteiger partial charge in [-0.15, -0.1) is 24.2 Å². The number of nitrogens with two attached hydrogens (primary N) is 1. The Labute approximate surface area is 113 Å². The molecule has 0 aliphatic heterocycles. The number of hydrogen-bond acceptors (Lipinski definition) is 4. The van der Waals surface area contributed by atoms with Gasteiger partial charge in [-0.3, -0.25) is 0 Å². The molecule has 7 heteroatoms. The lowest BCUT2D eigenvalue weighted by Crippen LogP contribution is -2.26. The van der Waals surface area contributed by atoms with Gasteiger partial charge in [0.2, 0.25) is 10.0 Å². The SMILES string of the molecule is CSc1ccccc1S(=O)(=O)NCCCN.Cl. The van der Waals surface area contributed by atoms with Gasteiger partial charge in [-0.2, -0.15) is 0 Å². The molecule has 0 saturated carbocycles. The van der Waals surface area contributed by atoms with E-state index in [1.165, 1.54) is 11.8 Å². The topological polar surface area (TPSA) is 72.2 Å². The Morgan fingerprint density at radius 2 is 2.00 bits per heavy atom. The summed E-state index contributed by atoms with van der Waals surface area (Å²) in [6.07, 6.45) is 2.49. The van der Waals surface area contributed by atoms with E-state index in [1.54, 1.807) is 18.2 Å². The van der Waals surface area contributed by atoms with E-state index >= 15 is 0 Å². The number of halogens is 1. The summed E-state index contributed by atoms with van der Waals surface area (Å²) < 4.78 is 26.4. The molecule has 0 bridgehead atoms. The first-order chi connectivity index (χ1) is 7.61. The average molecular weight is 297 g/mol. The second-order valence-corrected chi connectivity index (χ2v) is 5.77. The molecule has 0 amide bonds. The fourth-order valence-corrected chi connectivity index (χ4v) is 3.45. The molecule has 1 rings (SSSR count). The molecule has 0 radical (unpaired) electrons. The van der Waals surface area contributed by atoms with E-state index in [2.05, 4.69) is 4.72 Å². The second kappa shape index (κ2) is 7.94. The van der Waals surface area contributed by atoms with E-state index in [0.29, 0.717) is 24.4 Å². The molecule has 98 valence electrons. The fourth-order valence-electron chi connectivity index (χ4n) is 1.23. The molecule has 0 aromatic heterocycles. The summed E-state index contributed by atoms with van der Waals surface area (Å²) in [5, 5.41) is 0. The molecule has 0 aliphatic rings. The van der Waals surface area contributed by atoms with Crippen LogP contribution in [0.5, 0.6) is 0 Å². The van der Waals surface area contributed by atoms with Gasteiger partial charge in [0, 0.05) is 11.4 Å². The van der Waals surface area contributed by atoms with Crippen molar-refractivity contribution in [1.82, 2.24) is 4.72 Å². The first-order valence-electron chi connectivity index (χ1n) is 4.94. The first-order valence-corrected chi connectivity index (χ1v) is 7.65. The van der Waals surface area contributed by atoms with Crippen LogP contribution in [-0.2, 0) is 10.0 Å². The van der Waals surface area contributed by atoms with Gasteiger partial charge in [0.25, 0.3) is 0 Å². The van der Waals surface area contributed by atoms with Crippen molar-refractivity contribution in [3.05, 3.63) is 24.3 Å². The van der Waals surface area contributed by atoms with Gasteiger partial charge in [-0.25, -0.2) is 13.1 Å². The monoisotopic (exact) mass is 296 g/mol. The van der Waals surface area contributed by atoms with Crippen molar-refractivity contribution >= 4 is 34.2 Å². The third-order valence-electron chi connectivity index (χ3n) is 2.03. The van der Waals surface area contributed by atoms with Gasteiger partial charge >= 0.3 is 0 Å². The molecule has 0 atom stereocenters. The van der Waals surface area contributed by atoms with Crippen molar-refractivity contribution in [2.75, 3.05) is 19.3 Å². The van der Waals surface area contributed by atoms with Crippen molar-refractivity contribution in [1.29, 1.82) is 0 Å². The van der Waals surface area contributed by atoms with E-state index in [9.17, 15) is 8.42 Å². The van der Waals surface area contributed by atoms with Crippen LogP contribution in [0.3, 0.4) is 0 Å². The molecule has 0 fully saturated rings. The zero-order valence-electron chi connectivity index (χ0n) is 9.55. The van der Waals surface area contributed by atoms with E-state index in [4.69, 9.17) is 5.73 Å². The van der Waals surface area contributed by atoms with Crippen molar-refractivity contribution in [2.24, 2.45) is 5.73 Å². The Bertz CT molecular complexity index is 438. The highest BCUT2D eigenvalue weighted by molar-refractivity contribution is 7.99. The molecule has 0 aliphatic carbocycles. The van der Waals surface area contributed by atoms with Crippen LogP contribution in [0.15, 0.2) is 34.1 Å². The zero-order valence-corrected chi connectivity index (χ0v) is 12.0. The standard InChI is InChI=1S/C10H16N2O2S2.ClH/c1-15-9-5-2-3-6-10(9)16(13,14)12-8-4-7-11;/h2-3,5-6,12H,4,7-8,11H2,1H3;1H. The van der Waals surface area contributed by atoms with Crippen molar-refractivity contribution in [3.63, 3.8) is 0 Å². The minimum atomic E-state index is -3.40. The highest BCUT2D eigenvalue weighted by Crippen LogP contribution is 2.23. The number of hydrogen-bond donors (Lipinski definition) is 2. The molecule has 17 heavy (non-hydrogen) atoms. The number of rotatable bonds is 6. The third kappa shape index (κ3) is 4.85. The van der Waals surface area contributed by atoms with Gasteiger partial charge in [0.05, 0.1) is 4.90 Å². The summed E-state index contributed by atoms with van der Waals surface area (Å²) in [4.78, 5) is 1.09. The molecule has 1 aromatic carbocycles. The summed E-state index contributed by atoms with van der Waals surface area (Å²) in [5.74, 6) is 0. The van der Waals surface area contributed by atoms with Crippen LogP contribution in [0.25, 0.3) is 0 Å². The van der Waals surface area contributed by atoms with Crippen LogP contribution < -0.4 is 10.5 Å². The van der Waals surface area contributed by atoms with Crippen LogP contribution in [0.1, 0.15) is 6.42 Å². The van der Waals surface area contributed by atoms with Gasteiger partial charge in [-0.1, -0.05) is 12.1 Å². The van der Waals surface area contributed by atoms with Crippen LogP contribution in [-0.4, -0.2) is 27.8 Å². The molecule has 4 nitrogen and oxygen atoms in total. The molecular formula is C10H17ClN2O2S2. The summed E-state index contributed by atoms with van der Waals surface area (Å²) in [6, 6.07) is 6.95. The maximum atomic E-state index is 11.9. The highest BCUT2D eigenvalue weighted by Gasteiger charge is 2.16. The largest absolute Gasteiger partial charge is 0.330 e. The minimum Gasteiger partial charge on any atom is -0.330 e. The van der Waals surface area contributed by atoms with Crippen molar-refractivity contribution < 1.29 is 8.42 Å². The van der Waals surface area contributed by atoms with Crippen LogP contribution in [0, 0.1) is 0 Å². The predicted molar refractivity (Wildman–Crippen MR) is 74.3 cm³/mol. The number of thioether (sulfide) groups is 1. The van der Waals surface area contributed by atoms with Gasteiger partial charge in [0.15, 0.2) is 0 Å². The van der Waals surface area contributed by atoms with Crippen molar-refractivity contribution in [3.8, 4) is 0 Å². The van der Waals surface area contributed by atoms with E-state index in [1.807, 2.05) is 12.3 Å². The maximum absolute atomic E-state index is 11.9. The maximum Gasteiger partial charge on any atom is 0.241 e. The summed E-state index contributed by atoms with van der Waals surface area (Å²) in [7, 11) is -3.40. The minimum absolute atomic E-state index is 0. The predicted octanol–water partition coefficient (Wildman–Crippen LogP) is 1.46. The highest BCUT2D eigenvalue weighted by atomic mass is 35.5. The average Bonchev–Trinajstić information content (AvgIpc) is 2.29. The Morgan fingerprint density at radius 3 is 2.59 bits per heavy atom. The number of sulfonamides is 1. The summed E-state index contributed by atoms with van der Waals surface area (Å²) in [5.41, 5.74) is 5.31. The normalized spacial score (nSPS) is 10.9. The van der Waals surface area contributed by atoms with Crippen LogP contribution in [0.2, 0.25) is 0 Å². The Kier molecular flexibility index (Phi) is 7.82. The van der Waals surface area contributed by atoms with Crippen LogP contribution >= 0.6 is 24.2 Å². The van der Waals surface area contributed by atoms with Crippen LogP contribution in [0.4, 0.5) is 0 Å². The summed E-state index contributed by atoms with van der Waals surface area (Å²) >= 11 is 1.42. The Morgan fingerprint density at radius 1 is 1.35 bits per heavy atom. The third-order valence-corrected chi connectivity index (χ3v) is 4.48. The van der Waals surface area contributed by atoms with E-state index in [0.717, 1.165) is 4.90 Å². The molecule has 1 aromatic rings. The van der Waals surface area contributed by atoms with Crippen molar-refractivity contribution in [2.45, 2.75) is 16.2 Å². The summed E-state index contributed by atoms with van der Waals surface area (Å²) in [6.45, 7) is 0.855. The van der Waals surface area contributed by atoms with E-state index in [-0.39, 0.29) is 12.4 Å².